The van der Waals surface area contributed by atoms with Gasteiger partial charge in [0.1, 0.15) is 11.7 Å². The highest BCUT2D eigenvalue weighted by molar-refractivity contribution is 6.39. The van der Waals surface area contributed by atoms with Gasteiger partial charge in [0.05, 0.1) is 22.7 Å². The third-order valence-electron chi connectivity index (χ3n) is 3.46. The van der Waals surface area contributed by atoms with Gasteiger partial charge in [-0.1, -0.05) is 41.4 Å². The molecule has 25 heavy (non-hydrogen) atoms. The molecule has 1 atom stereocenters. The van der Waals surface area contributed by atoms with Gasteiger partial charge in [0.2, 0.25) is 0 Å². The van der Waals surface area contributed by atoms with Crippen molar-refractivity contribution in [1.82, 2.24) is 5.32 Å². The fourth-order valence-electron chi connectivity index (χ4n) is 2.21. The largest absolute Gasteiger partial charge is 0.467 e. The first kappa shape index (κ1) is 18.9. The van der Waals surface area contributed by atoms with Crippen molar-refractivity contribution in [1.29, 1.82) is 0 Å². The minimum atomic E-state index is -0.945. The number of hydrogen-bond acceptors (Lipinski definition) is 5. The quantitative estimate of drug-likeness (QED) is 0.608. The molecule has 2 aromatic carbocycles. The van der Waals surface area contributed by atoms with Crippen LogP contribution in [0, 0.1) is 4.91 Å². The summed E-state index contributed by atoms with van der Waals surface area (Å²) in [6.07, 6.45) is 0.166. The lowest BCUT2D eigenvalue weighted by Crippen LogP contribution is -2.43. The Balaban J connectivity index is 2.21. The maximum Gasteiger partial charge on any atom is 0.328 e. The Morgan fingerprint density at radius 1 is 1.12 bits per heavy atom. The predicted molar refractivity (Wildman–Crippen MR) is 95.3 cm³/mol. The summed E-state index contributed by atoms with van der Waals surface area (Å²) in [5.74, 6) is -1.20. The molecule has 0 aromatic heterocycles. The van der Waals surface area contributed by atoms with Gasteiger partial charge in [-0.25, -0.2) is 4.79 Å². The summed E-state index contributed by atoms with van der Waals surface area (Å²) in [5, 5.41) is 5.74. The topological polar surface area (TPSA) is 84.8 Å². The van der Waals surface area contributed by atoms with Crippen LogP contribution in [0.1, 0.15) is 15.9 Å². The number of nitroso groups, excluding NO2 is 1. The van der Waals surface area contributed by atoms with Gasteiger partial charge >= 0.3 is 5.97 Å². The predicted octanol–water partition coefficient (Wildman–Crippen LogP) is 3.91. The van der Waals surface area contributed by atoms with E-state index in [0.717, 1.165) is 0 Å². The van der Waals surface area contributed by atoms with Crippen molar-refractivity contribution in [3.8, 4) is 0 Å². The van der Waals surface area contributed by atoms with Crippen LogP contribution in [0.5, 0.6) is 0 Å². The number of methoxy groups -OCH3 is 1. The Morgan fingerprint density at radius 3 is 2.24 bits per heavy atom. The zero-order chi connectivity index (χ0) is 18.4. The summed E-state index contributed by atoms with van der Waals surface area (Å²) < 4.78 is 4.74. The molecule has 130 valence electrons. The number of esters is 1. The molecule has 0 heterocycles. The second kappa shape index (κ2) is 8.60. The standard InChI is InChI=1S/C17H14Cl2N2O4/c1-25-17(23)14(9-10-5-7-11(21-24)8-6-10)20-16(22)15-12(18)3-2-4-13(15)19/h2-8,14H,9H2,1H3,(H,20,22)/t14-/m0/s1. The van der Waals surface area contributed by atoms with Crippen LogP contribution in [0.2, 0.25) is 10.0 Å². The number of nitrogens with one attached hydrogen (secondary N) is 1. The molecule has 0 aliphatic heterocycles. The summed E-state index contributed by atoms with van der Waals surface area (Å²) >= 11 is 12.0. The Kier molecular flexibility index (Phi) is 6.50. The lowest BCUT2D eigenvalue weighted by molar-refractivity contribution is -0.142. The molecule has 0 bridgehead atoms. The van der Waals surface area contributed by atoms with Gasteiger partial charge in [-0.05, 0) is 35.0 Å². The molecule has 2 aromatic rings. The van der Waals surface area contributed by atoms with Crippen LogP contribution in [0.25, 0.3) is 0 Å². The molecule has 1 amide bonds. The van der Waals surface area contributed by atoms with E-state index in [1.807, 2.05) is 0 Å². The summed E-state index contributed by atoms with van der Waals surface area (Å²) in [6.45, 7) is 0. The first-order chi connectivity index (χ1) is 12.0. The van der Waals surface area contributed by atoms with Crippen molar-refractivity contribution in [3.05, 3.63) is 68.5 Å². The zero-order valence-electron chi connectivity index (χ0n) is 13.2. The Labute approximate surface area is 154 Å². The third kappa shape index (κ3) is 4.78. The van der Waals surface area contributed by atoms with Crippen LogP contribution >= 0.6 is 23.2 Å². The van der Waals surface area contributed by atoms with E-state index in [1.54, 1.807) is 18.2 Å². The van der Waals surface area contributed by atoms with Gasteiger partial charge in [0.15, 0.2) is 0 Å². The van der Waals surface area contributed by atoms with Crippen LogP contribution in [0.15, 0.2) is 47.6 Å². The van der Waals surface area contributed by atoms with Gasteiger partial charge in [-0.2, -0.15) is 0 Å². The summed E-state index contributed by atoms with van der Waals surface area (Å²) in [4.78, 5) is 34.9. The maximum atomic E-state index is 12.5. The number of hydrogen-bond donors (Lipinski definition) is 1. The van der Waals surface area contributed by atoms with E-state index in [1.165, 1.54) is 31.4 Å². The van der Waals surface area contributed by atoms with Crippen molar-refractivity contribution in [2.24, 2.45) is 5.18 Å². The minimum Gasteiger partial charge on any atom is -0.467 e. The smallest absolute Gasteiger partial charge is 0.328 e. The summed E-state index contributed by atoms with van der Waals surface area (Å²) in [5.41, 5.74) is 1.07. The van der Waals surface area contributed by atoms with E-state index in [4.69, 9.17) is 27.9 Å². The number of halogens is 2. The van der Waals surface area contributed by atoms with Crippen molar-refractivity contribution in [3.63, 3.8) is 0 Å². The van der Waals surface area contributed by atoms with Gasteiger partial charge in [-0.3, -0.25) is 4.79 Å². The molecule has 0 saturated carbocycles. The van der Waals surface area contributed by atoms with Crippen LogP contribution in [-0.4, -0.2) is 25.0 Å². The Bertz CT molecular complexity index is 773. The lowest BCUT2D eigenvalue weighted by Gasteiger charge is -2.17. The maximum absolute atomic E-state index is 12.5. The number of carbonyl (C=O) groups excluding carboxylic acids is 2. The minimum absolute atomic E-state index is 0.0836. The first-order valence-corrected chi connectivity index (χ1v) is 7.97. The van der Waals surface area contributed by atoms with Crippen LogP contribution in [0.4, 0.5) is 5.69 Å². The van der Waals surface area contributed by atoms with E-state index in [2.05, 4.69) is 10.5 Å². The number of amides is 1. The number of carbonyl (C=O) groups is 2. The highest BCUT2D eigenvalue weighted by Crippen LogP contribution is 2.24. The molecule has 0 spiro atoms. The zero-order valence-corrected chi connectivity index (χ0v) is 14.7. The molecule has 8 heteroatoms. The second-order valence-electron chi connectivity index (χ2n) is 5.11. The van der Waals surface area contributed by atoms with Crippen molar-refractivity contribution in [2.45, 2.75) is 12.5 Å². The first-order valence-electron chi connectivity index (χ1n) is 7.21. The van der Waals surface area contributed by atoms with Gasteiger partial charge in [0.25, 0.3) is 5.91 Å². The molecule has 1 N–H and O–H groups in total. The highest BCUT2D eigenvalue weighted by Gasteiger charge is 2.24. The lowest BCUT2D eigenvalue weighted by atomic mass is 10.0. The Hall–Kier alpha value is -2.44. The van der Waals surface area contributed by atoms with Gasteiger partial charge in [-0.15, -0.1) is 4.91 Å². The molecule has 0 aliphatic carbocycles. The molecule has 0 radical (unpaired) electrons. The molecule has 2 rings (SSSR count). The van der Waals surface area contributed by atoms with Crippen molar-refractivity contribution < 1.29 is 14.3 Å². The van der Waals surface area contributed by atoms with Crippen molar-refractivity contribution in [2.75, 3.05) is 7.11 Å². The molecular formula is C17H14Cl2N2O4. The SMILES string of the molecule is COC(=O)[C@H](Cc1ccc(N=O)cc1)NC(=O)c1c(Cl)cccc1Cl. The van der Waals surface area contributed by atoms with E-state index in [0.29, 0.717) is 5.56 Å². The molecule has 0 unspecified atom stereocenters. The molecule has 0 fully saturated rings. The van der Waals surface area contributed by atoms with E-state index < -0.39 is 17.9 Å². The van der Waals surface area contributed by atoms with E-state index >= 15 is 0 Å². The molecular weight excluding hydrogens is 367 g/mol. The highest BCUT2D eigenvalue weighted by atomic mass is 35.5. The fraction of sp³-hybridized carbons (Fsp3) is 0.176. The van der Waals surface area contributed by atoms with Gasteiger partial charge < -0.3 is 10.1 Å². The average Bonchev–Trinajstić information content (AvgIpc) is 2.61. The van der Waals surface area contributed by atoms with E-state index in [-0.39, 0.29) is 27.7 Å². The number of benzene rings is 2. The van der Waals surface area contributed by atoms with Crippen LogP contribution < -0.4 is 5.32 Å². The number of rotatable bonds is 6. The van der Waals surface area contributed by atoms with Gasteiger partial charge in [0, 0.05) is 6.42 Å². The monoisotopic (exact) mass is 380 g/mol. The Morgan fingerprint density at radius 2 is 1.72 bits per heavy atom. The molecule has 0 saturated heterocycles. The van der Waals surface area contributed by atoms with E-state index in [9.17, 15) is 14.5 Å². The number of nitrogens with zero attached hydrogens (tertiary/aromatic N) is 1. The van der Waals surface area contributed by atoms with Crippen LogP contribution in [0.3, 0.4) is 0 Å². The molecule has 0 aliphatic rings. The van der Waals surface area contributed by atoms with Crippen molar-refractivity contribution >= 4 is 40.8 Å². The average molecular weight is 381 g/mol. The molecule has 6 nitrogen and oxygen atoms in total. The fourth-order valence-corrected chi connectivity index (χ4v) is 2.78. The number of ether oxygens (including phenoxy) is 1. The second-order valence-corrected chi connectivity index (χ2v) is 5.92. The summed E-state index contributed by atoms with van der Waals surface area (Å²) in [7, 11) is 1.23. The van der Waals surface area contributed by atoms with Crippen LogP contribution in [-0.2, 0) is 16.0 Å². The summed E-state index contributed by atoms with van der Waals surface area (Å²) in [6, 6.07) is 10.0. The third-order valence-corrected chi connectivity index (χ3v) is 4.09. The normalized spacial score (nSPS) is 11.5.